The number of halogens is 3. The van der Waals surface area contributed by atoms with E-state index in [9.17, 15) is 22.8 Å². The molecular weight excluding hydrogens is 453 g/mol. The van der Waals surface area contributed by atoms with Crippen LogP contribution in [0, 0.1) is 11.3 Å². The van der Waals surface area contributed by atoms with Gasteiger partial charge in [-0.05, 0) is 49.3 Å². The lowest BCUT2D eigenvalue weighted by atomic mass is 9.86. The first-order chi connectivity index (χ1) is 15.5. The second-order valence-electron chi connectivity index (χ2n) is 8.76. The summed E-state index contributed by atoms with van der Waals surface area (Å²) in [6.45, 7) is 5.84. The van der Waals surface area contributed by atoms with Crippen molar-refractivity contribution in [3.63, 3.8) is 0 Å². The third-order valence-corrected chi connectivity index (χ3v) is 7.03. The fraction of sp³-hybridized carbons (Fsp3) is 0.500. The highest BCUT2D eigenvalue weighted by Crippen LogP contribution is 2.59. The molecule has 1 aromatic rings. The summed E-state index contributed by atoms with van der Waals surface area (Å²) < 4.78 is 43.5. The van der Waals surface area contributed by atoms with Crippen LogP contribution in [0.15, 0.2) is 41.5 Å². The third-order valence-electron chi connectivity index (χ3n) is 6.78. The quantitative estimate of drug-likeness (QED) is 0.365. The maximum atomic E-state index is 13.0. The van der Waals surface area contributed by atoms with Crippen LogP contribution in [-0.2, 0) is 15.4 Å². The van der Waals surface area contributed by atoms with Gasteiger partial charge in [0.05, 0.1) is 11.6 Å². The van der Waals surface area contributed by atoms with Crippen molar-refractivity contribution in [1.82, 2.24) is 5.32 Å². The van der Waals surface area contributed by atoms with Gasteiger partial charge in [0, 0.05) is 16.9 Å². The number of benzene rings is 1. The van der Waals surface area contributed by atoms with E-state index in [1.54, 1.807) is 18.2 Å². The van der Waals surface area contributed by atoms with E-state index in [0.29, 0.717) is 43.5 Å². The van der Waals surface area contributed by atoms with Crippen molar-refractivity contribution in [2.24, 2.45) is 16.5 Å². The molecule has 9 heteroatoms. The van der Waals surface area contributed by atoms with Crippen molar-refractivity contribution in [3.8, 4) is 0 Å². The molecule has 2 aliphatic carbocycles. The summed E-state index contributed by atoms with van der Waals surface area (Å²) in [6, 6.07) is 5.13. The monoisotopic (exact) mass is 482 g/mol. The van der Waals surface area contributed by atoms with Crippen LogP contribution in [0.5, 0.6) is 0 Å². The van der Waals surface area contributed by atoms with Crippen molar-refractivity contribution in [2.45, 2.75) is 65.1 Å². The van der Waals surface area contributed by atoms with Gasteiger partial charge >= 0.3 is 12.1 Å². The number of carbonyl (C=O) groups excluding carboxylic acids is 2. The Labute approximate surface area is 196 Å². The Bertz CT molecular complexity index is 990. The second kappa shape index (κ2) is 9.93. The van der Waals surface area contributed by atoms with Gasteiger partial charge in [0.15, 0.2) is 0 Å². The standard InChI is InChI=1S/C24H29F3N2O3S/c1-4-14-12-15(6-11-18(14)22(31)32-33-28)20(5-2)29-21(30)19-13-23(19,3)16-7-9-17(10-8-16)24(25,26)27/h6-7,9,11-12,19-20H,4-5,8,10,13,28H2,1-3H3,(H,29,30)/t19?,20-,23?/m1/s1. The SMILES string of the molecule is CCc1cc([C@@H](CC)NC(=O)C2CC2(C)C2=CC=C(C(F)(F)F)CC2)ccc1C(=O)OSN. The molecule has 1 aromatic carbocycles. The van der Waals surface area contributed by atoms with Crippen molar-refractivity contribution in [3.05, 3.63) is 58.2 Å². The number of rotatable bonds is 8. The van der Waals surface area contributed by atoms with E-state index in [4.69, 9.17) is 9.32 Å². The third kappa shape index (κ3) is 5.46. The molecule has 0 aliphatic heterocycles. The molecule has 0 radical (unpaired) electrons. The van der Waals surface area contributed by atoms with Crippen LogP contribution in [0.1, 0.15) is 74.0 Å². The lowest BCUT2D eigenvalue weighted by Gasteiger charge is -2.23. The summed E-state index contributed by atoms with van der Waals surface area (Å²) in [6.07, 6.45) is 0.551. The minimum Gasteiger partial charge on any atom is -0.371 e. The van der Waals surface area contributed by atoms with E-state index < -0.39 is 23.1 Å². The molecule has 0 heterocycles. The summed E-state index contributed by atoms with van der Waals surface area (Å²) in [5.41, 5.74) is 2.10. The number of amides is 1. The van der Waals surface area contributed by atoms with Crippen LogP contribution >= 0.6 is 12.2 Å². The van der Waals surface area contributed by atoms with Crippen molar-refractivity contribution in [1.29, 1.82) is 0 Å². The average Bonchev–Trinajstić information content (AvgIpc) is 3.49. The van der Waals surface area contributed by atoms with Gasteiger partial charge in [0.2, 0.25) is 5.91 Å². The number of hydrogen-bond acceptors (Lipinski definition) is 5. The molecule has 3 atom stereocenters. The first-order valence-electron chi connectivity index (χ1n) is 11.0. The molecule has 2 aliphatic rings. The highest BCUT2D eigenvalue weighted by molar-refractivity contribution is 7.92. The van der Waals surface area contributed by atoms with Crippen LogP contribution in [0.3, 0.4) is 0 Å². The average molecular weight is 483 g/mol. The summed E-state index contributed by atoms with van der Waals surface area (Å²) in [5.74, 6) is -0.878. The number of allylic oxidation sites excluding steroid dienone is 4. The predicted octanol–water partition coefficient (Wildman–Crippen LogP) is 5.73. The van der Waals surface area contributed by atoms with Crippen molar-refractivity contribution < 1.29 is 26.9 Å². The highest BCUT2D eigenvalue weighted by Gasteiger charge is 2.56. The fourth-order valence-electron chi connectivity index (χ4n) is 4.56. The van der Waals surface area contributed by atoms with E-state index in [0.717, 1.165) is 22.8 Å². The Hall–Kier alpha value is -2.26. The lowest BCUT2D eigenvalue weighted by molar-refractivity contribution is -0.123. The Morgan fingerprint density at radius 3 is 2.55 bits per heavy atom. The number of hydrogen-bond donors (Lipinski definition) is 2. The maximum absolute atomic E-state index is 13.0. The molecule has 2 unspecified atom stereocenters. The molecule has 1 amide bonds. The summed E-state index contributed by atoms with van der Waals surface area (Å²) in [5, 5.41) is 8.31. The molecule has 1 saturated carbocycles. The Morgan fingerprint density at radius 2 is 2.00 bits per heavy atom. The minimum absolute atomic E-state index is 0.0475. The smallest absolute Gasteiger partial charge is 0.371 e. The fourth-order valence-corrected chi connectivity index (χ4v) is 4.73. The molecule has 3 N–H and O–H groups in total. The van der Waals surface area contributed by atoms with E-state index >= 15 is 0 Å². The number of carbonyl (C=O) groups is 2. The van der Waals surface area contributed by atoms with Gasteiger partial charge in [-0.1, -0.05) is 50.6 Å². The number of alkyl halides is 3. The largest absolute Gasteiger partial charge is 0.412 e. The van der Waals surface area contributed by atoms with Crippen LogP contribution in [0.25, 0.3) is 0 Å². The van der Waals surface area contributed by atoms with Gasteiger partial charge in [0.25, 0.3) is 0 Å². The van der Waals surface area contributed by atoms with Crippen molar-refractivity contribution >= 4 is 24.1 Å². The molecule has 180 valence electrons. The van der Waals surface area contributed by atoms with Gasteiger partial charge in [-0.15, -0.1) is 0 Å². The van der Waals surface area contributed by atoms with Crippen LogP contribution < -0.4 is 10.5 Å². The molecule has 3 rings (SSSR count). The molecule has 0 bridgehead atoms. The molecule has 1 fully saturated rings. The Kier molecular flexibility index (Phi) is 7.63. The van der Waals surface area contributed by atoms with Gasteiger partial charge in [-0.2, -0.15) is 13.2 Å². The Balaban J connectivity index is 1.71. The van der Waals surface area contributed by atoms with Gasteiger partial charge < -0.3 is 9.50 Å². The van der Waals surface area contributed by atoms with Crippen molar-refractivity contribution in [2.75, 3.05) is 0 Å². The molecular formula is C24H29F3N2O3S. The topological polar surface area (TPSA) is 81.4 Å². The number of nitrogens with two attached hydrogens (primary N) is 1. The van der Waals surface area contributed by atoms with Crippen LogP contribution in [0.4, 0.5) is 13.2 Å². The van der Waals surface area contributed by atoms with Crippen LogP contribution in [-0.4, -0.2) is 18.1 Å². The zero-order valence-corrected chi connectivity index (χ0v) is 19.7. The molecule has 0 saturated heterocycles. The molecule has 33 heavy (non-hydrogen) atoms. The lowest BCUT2D eigenvalue weighted by Crippen LogP contribution is -2.31. The van der Waals surface area contributed by atoms with E-state index in [1.807, 2.05) is 26.8 Å². The molecule has 5 nitrogen and oxygen atoms in total. The Morgan fingerprint density at radius 1 is 1.27 bits per heavy atom. The zero-order valence-electron chi connectivity index (χ0n) is 18.9. The minimum atomic E-state index is -4.30. The summed E-state index contributed by atoms with van der Waals surface area (Å²) in [7, 11) is 0. The second-order valence-corrected chi connectivity index (χ2v) is 9.12. The van der Waals surface area contributed by atoms with E-state index in [1.165, 1.54) is 0 Å². The number of aryl methyl sites for hydroxylation is 1. The van der Waals surface area contributed by atoms with E-state index in [2.05, 4.69) is 5.32 Å². The summed E-state index contributed by atoms with van der Waals surface area (Å²) >= 11 is 0.500. The first kappa shape index (κ1) is 25.4. The number of nitrogens with one attached hydrogen (secondary N) is 1. The van der Waals surface area contributed by atoms with Gasteiger partial charge in [-0.25, -0.2) is 9.93 Å². The van der Waals surface area contributed by atoms with Crippen LogP contribution in [0.2, 0.25) is 0 Å². The molecule has 0 aromatic heterocycles. The van der Waals surface area contributed by atoms with E-state index in [-0.39, 0.29) is 24.3 Å². The molecule has 0 spiro atoms. The van der Waals surface area contributed by atoms with Gasteiger partial charge in [-0.3, -0.25) is 4.79 Å². The maximum Gasteiger partial charge on any atom is 0.412 e. The normalized spacial score (nSPS) is 23.3. The first-order valence-corrected chi connectivity index (χ1v) is 11.8. The highest BCUT2D eigenvalue weighted by atomic mass is 32.2. The zero-order chi connectivity index (χ0) is 24.4. The van der Waals surface area contributed by atoms with Gasteiger partial charge in [0.1, 0.15) is 12.2 Å². The summed E-state index contributed by atoms with van der Waals surface area (Å²) in [4.78, 5) is 25.1. The predicted molar refractivity (Wildman–Crippen MR) is 122 cm³/mol.